The van der Waals surface area contributed by atoms with Gasteiger partial charge in [-0.05, 0) is 48.6 Å². The standard InChI is InChI=1S/C24H30FNO2/c1-3-5-7-9-17-28-23-15-12-19-18-11-14-22(27-16-8-6-4-2)24(25)20(18)10-13-21(19)26-23/h10-15H,3-9,16-17H2,1-2H3. The van der Waals surface area contributed by atoms with Gasteiger partial charge < -0.3 is 9.47 Å². The molecule has 150 valence electrons. The molecule has 0 unspecified atom stereocenters. The van der Waals surface area contributed by atoms with E-state index in [2.05, 4.69) is 18.8 Å². The molecular formula is C24H30FNO2. The van der Waals surface area contributed by atoms with E-state index in [1.165, 1.54) is 19.3 Å². The van der Waals surface area contributed by atoms with Crippen molar-refractivity contribution in [2.24, 2.45) is 0 Å². The molecule has 0 bridgehead atoms. The van der Waals surface area contributed by atoms with Crippen molar-refractivity contribution >= 4 is 21.7 Å². The van der Waals surface area contributed by atoms with Crippen molar-refractivity contribution in [1.82, 2.24) is 4.98 Å². The van der Waals surface area contributed by atoms with Gasteiger partial charge in [-0.25, -0.2) is 9.37 Å². The van der Waals surface area contributed by atoms with Crippen LogP contribution in [0, 0.1) is 5.82 Å². The zero-order chi connectivity index (χ0) is 19.8. The number of rotatable bonds is 11. The van der Waals surface area contributed by atoms with Gasteiger partial charge in [0.05, 0.1) is 18.7 Å². The van der Waals surface area contributed by atoms with Crippen LogP contribution in [-0.2, 0) is 0 Å². The molecule has 3 nitrogen and oxygen atoms in total. The van der Waals surface area contributed by atoms with Crippen LogP contribution in [0.3, 0.4) is 0 Å². The van der Waals surface area contributed by atoms with Crippen LogP contribution in [0.25, 0.3) is 21.7 Å². The number of benzene rings is 2. The third-order valence-corrected chi connectivity index (χ3v) is 4.99. The van der Waals surface area contributed by atoms with Crippen LogP contribution in [-0.4, -0.2) is 18.2 Å². The largest absolute Gasteiger partial charge is 0.490 e. The highest BCUT2D eigenvalue weighted by Gasteiger charge is 2.12. The number of unbranched alkanes of at least 4 members (excludes halogenated alkanes) is 5. The van der Waals surface area contributed by atoms with Gasteiger partial charge in [-0.15, -0.1) is 0 Å². The molecule has 0 spiro atoms. The number of nitrogens with zero attached hydrogens (tertiary/aromatic N) is 1. The molecule has 0 fully saturated rings. The molecule has 1 aromatic heterocycles. The first kappa shape index (κ1) is 20.4. The smallest absolute Gasteiger partial charge is 0.213 e. The SMILES string of the molecule is CCCCCCOc1ccc2c(ccc3c(F)c(OCCCCC)ccc32)n1. The number of aromatic nitrogens is 1. The Morgan fingerprint density at radius 1 is 0.714 bits per heavy atom. The summed E-state index contributed by atoms with van der Waals surface area (Å²) in [6.07, 6.45) is 7.81. The summed E-state index contributed by atoms with van der Waals surface area (Å²) < 4.78 is 26.3. The van der Waals surface area contributed by atoms with Crippen molar-refractivity contribution in [3.8, 4) is 11.6 Å². The second kappa shape index (κ2) is 10.3. The molecule has 2 aromatic carbocycles. The Kier molecular flexibility index (Phi) is 7.46. The van der Waals surface area contributed by atoms with Crippen LogP contribution in [0.15, 0.2) is 36.4 Å². The second-order valence-electron chi connectivity index (χ2n) is 7.22. The predicted octanol–water partition coefficient (Wildman–Crippen LogP) is 7.06. The van der Waals surface area contributed by atoms with Crippen molar-refractivity contribution in [2.75, 3.05) is 13.2 Å². The summed E-state index contributed by atoms with van der Waals surface area (Å²) in [7, 11) is 0. The Morgan fingerprint density at radius 2 is 1.39 bits per heavy atom. The molecule has 0 aliphatic heterocycles. The van der Waals surface area contributed by atoms with Gasteiger partial charge in [0.15, 0.2) is 11.6 Å². The van der Waals surface area contributed by atoms with Gasteiger partial charge in [0, 0.05) is 16.8 Å². The molecule has 28 heavy (non-hydrogen) atoms. The van der Waals surface area contributed by atoms with Gasteiger partial charge in [-0.1, -0.05) is 46.0 Å². The van der Waals surface area contributed by atoms with E-state index in [1.807, 2.05) is 24.3 Å². The summed E-state index contributed by atoms with van der Waals surface area (Å²) in [4.78, 5) is 4.59. The van der Waals surface area contributed by atoms with E-state index in [4.69, 9.17) is 9.47 Å². The Bertz CT molecular complexity index is 910. The summed E-state index contributed by atoms with van der Waals surface area (Å²) >= 11 is 0. The molecule has 0 saturated carbocycles. The molecule has 0 N–H and O–H groups in total. The lowest BCUT2D eigenvalue weighted by Crippen LogP contribution is -2.00. The van der Waals surface area contributed by atoms with E-state index in [0.29, 0.717) is 30.2 Å². The molecule has 0 aliphatic rings. The minimum atomic E-state index is -0.299. The van der Waals surface area contributed by atoms with Gasteiger partial charge in [0.1, 0.15) is 0 Å². The minimum Gasteiger partial charge on any atom is -0.490 e. The van der Waals surface area contributed by atoms with Gasteiger partial charge in [0.25, 0.3) is 0 Å². The van der Waals surface area contributed by atoms with Crippen LogP contribution in [0.5, 0.6) is 11.6 Å². The van der Waals surface area contributed by atoms with E-state index in [9.17, 15) is 4.39 Å². The zero-order valence-electron chi connectivity index (χ0n) is 17.0. The molecule has 1 heterocycles. The van der Waals surface area contributed by atoms with Crippen molar-refractivity contribution in [2.45, 2.75) is 58.8 Å². The first-order chi connectivity index (χ1) is 13.7. The highest BCUT2D eigenvalue weighted by atomic mass is 19.1. The lowest BCUT2D eigenvalue weighted by Gasteiger charge is -2.11. The quantitative estimate of drug-likeness (QED) is 0.262. The highest BCUT2D eigenvalue weighted by Crippen LogP contribution is 2.32. The first-order valence-electron chi connectivity index (χ1n) is 10.5. The second-order valence-corrected chi connectivity index (χ2v) is 7.22. The van der Waals surface area contributed by atoms with E-state index in [0.717, 1.165) is 42.0 Å². The highest BCUT2D eigenvalue weighted by molar-refractivity contribution is 6.06. The molecule has 0 amide bonds. The number of fused-ring (bicyclic) bond motifs is 3. The summed E-state index contributed by atoms with van der Waals surface area (Å²) in [5, 5.41) is 2.33. The number of halogens is 1. The fraction of sp³-hybridized carbons (Fsp3) is 0.458. The third-order valence-electron chi connectivity index (χ3n) is 4.99. The van der Waals surface area contributed by atoms with Crippen LogP contribution >= 0.6 is 0 Å². The minimum absolute atomic E-state index is 0.299. The van der Waals surface area contributed by atoms with Gasteiger partial charge in [-0.2, -0.15) is 0 Å². The van der Waals surface area contributed by atoms with E-state index >= 15 is 0 Å². The third kappa shape index (κ3) is 4.92. The molecule has 0 aliphatic carbocycles. The van der Waals surface area contributed by atoms with Crippen molar-refractivity contribution < 1.29 is 13.9 Å². The van der Waals surface area contributed by atoms with E-state index < -0.39 is 0 Å². The Labute approximate surface area is 166 Å². The van der Waals surface area contributed by atoms with Crippen LogP contribution in [0.4, 0.5) is 4.39 Å². The molecule has 0 saturated heterocycles. The van der Waals surface area contributed by atoms with Gasteiger partial charge in [-0.3, -0.25) is 0 Å². The van der Waals surface area contributed by atoms with Crippen molar-refractivity contribution in [1.29, 1.82) is 0 Å². The maximum absolute atomic E-state index is 14.9. The maximum atomic E-state index is 14.9. The predicted molar refractivity (Wildman–Crippen MR) is 114 cm³/mol. The Hall–Kier alpha value is -2.36. The van der Waals surface area contributed by atoms with Crippen LogP contribution in [0.2, 0.25) is 0 Å². The number of pyridine rings is 1. The van der Waals surface area contributed by atoms with Crippen molar-refractivity contribution in [3.63, 3.8) is 0 Å². The summed E-state index contributed by atoms with van der Waals surface area (Å²) in [5.41, 5.74) is 0.814. The fourth-order valence-electron chi connectivity index (χ4n) is 3.38. The fourth-order valence-corrected chi connectivity index (χ4v) is 3.38. The van der Waals surface area contributed by atoms with Crippen LogP contribution < -0.4 is 9.47 Å². The normalized spacial score (nSPS) is 11.2. The molecule has 0 radical (unpaired) electrons. The lowest BCUT2D eigenvalue weighted by atomic mass is 10.0. The molecule has 3 rings (SSSR count). The molecular weight excluding hydrogens is 353 g/mol. The Morgan fingerprint density at radius 3 is 2.21 bits per heavy atom. The average molecular weight is 384 g/mol. The lowest BCUT2D eigenvalue weighted by molar-refractivity contribution is 0.293. The van der Waals surface area contributed by atoms with Gasteiger partial charge in [0.2, 0.25) is 5.88 Å². The molecule has 4 heteroatoms. The molecule has 0 atom stereocenters. The summed E-state index contributed by atoms with van der Waals surface area (Å²) in [6, 6.07) is 11.1. The van der Waals surface area contributed by atoms with E-state index in [1.54, 1.807) is 12.1 Å². The topological polar surface area (TPSA) is 31.4 Å². The summed E-state index contributed by atoms with van der Waals surface area (Å²) in [5.74, 6) is 0.648. The number of hydrogen-bond acceptors (Lipinski definition) is 3. The van der Waals surface area contributed by atoms with Crippen LogP contribution in [0.1, 0.15) is 58.8 Å². The van der Waals surface area contributed by atoms with Crippen molar-refractivity contribution in [3.05, 3.63) is 42.2 Å². The number of ether oxygens (including phenoxy) is 2. The molecule has 3 aromatic rings. The number of hydrogen-bond donors (Lipinski definition) is 0. The van der Waals surface area contributed by atoms with Gasteiger partial charge >= 0.3 is 0 Å². The first-order valence-corrected chi connectivity index (χ1v) is 10.5. The maximum Gasteiger partial charge on any atom is 0.213 e. The summed E-state index contributed by atoms with van der Waals surface area (Å²) in [6.45, 7) is 5.56. The average Bonchev–Trinajstić information content (AvgIpc) is 2.72. The monoisotopic (exact) mass is 383 g/mol. The van der Waals surface area contributed by atoms with E-state index in [-0.39, 0.29) is 5.82 Å². The zero-order valence-corrected chi connectivity index (χ0v) is 17.0. The Balaban J connectivity index is 1.77.